The first kappa shape index (κ1) is 38.8. The third-order valence-electron chi connectivity index (χ3n) is 11.9. The summed E-state index contributed by atoms with van der Waals surface area (Å²) in [6.07, 6.45) is 16.8. The quantitative estimate of drug-likeness (QED) is 0.225. The second-order valence-corrected chi connectivity index (χ2v) is 14.9. The zero-order valence-corrected chi connectivity index (χ0v) is 30.4. The van der Waals surface area contributed by atoms with Gasteiger partial charge in [-0.1, -0.05) is 51.2 Å². The Morgan fingerprint density at radius 3 is 2.67 bits per heavy atom. The molecule has 0 spiro atoms. The summed E-state index contributed by atoms with van der Waals surface area (Å²) in [6, 6.07) is -0.936. The van der Waals surface area contributed by atoms with Crippen LogP contribution in [0.1, 0.15) is 59.8 Å². The Balaban J connectivity index is 0.00000168. The Morgan fingerprint density at radius 2 is 2.02 bits per heavy atom. The van der Waals surface area contributed by atoms with Crippen LogP contribution in [-0.4, -0.2) is 106 Å². The number of aliphatic hydroxyl groups is 2. The summed E-state index contributed by atoms with van der Waals surface area (Å²) < 4.78 is 5.63. The Kier molecular flexibility index (Phi) is 11.7. The highest BCUT2D eigenvalue weighted by Crippen LogP contribution is 2.61. The average molecular weight is 716 g/mol. The lowest BCUT2D eigenvalue weighted by molar-refractivity contribution is -0.191. The second-order valence-electron chi connectivity index (χ2n) is 14.9. The Labute approximate surface area is 304 Å². The van der Waals surface area contributed by atoms with Gasteiger partial charge in [0.2, 0.25) is 5.91 Å². The molecule has 0 aromatic rings. The van der Waals surface area contributed by atoms with Crippen LogP contribution < -0.4 is 5.32 Å². The maximum Gasteiger partial charge on any atom is 0.373 e. The fraction of sp³-hybridized carbons (Fsp3) is 0.538. The number of cyclic esters (lactones) is 1. The minimum atomic E-state index is -0.759. The number of hydrogen-bond acceptors (Lipinski definition) is 12. The number of aliphatic imine (C=N–C) groups is 2. The zero-order valence-electron chi connectivity index (χ0n) is 30.4. The van der Waals surface area contributed by atoms with Crippen LogP contribution >= 0.6 is 0 Å². The molecule has 0 aromatic carbocycles. The topological polar surface area (TPSA) is 178 Å². The number of hydrogen-bond donors (Lipinski definition) is 3. The number of esters is 1. The number of ketones is 1. The third kappa shape index (κ3) is 7.29. The van der Waals surface area contributed by atoms with Gasteiger partial charge in [-0.15, -0.1) is 0 Å². The summed E-state index contributed by atoms with van der Waals surface area (Å²) in [4.78, 5) is 67.6. The lowest BCUT2D eigenvalue weighted by atomic mass is 9.45. The third-order valence-corrected chi connectivity index (χ3v) is 11.9. The van der Waals surface area contributed by atoms with Gasteiger partial charge in [0.15, 0.2) is 5.78 Å². The molecule has 9 atom stereocenters. The molecule has 6 aliphatic rings. The van der Waals surface area contributed by atoms with Crippen molar-refractivity contribution in [3.05, 3.63) is 71.7 Å². The van der Waals surface area contributed by atoms with E-state index in [4.69, 9.17) is 14.3 Å². The summed E-state index contributed by atoms with van der Waals surface area (Å²) >= 11 is 0. The number of carbonyl (C=O) groups excluding carboxylic acids is 5. The predicted molar refractivity (Wildman–Crippen MR) is 192 cm³/mol. The van der Waals surface area contributed by atoms with Crippen molar-refractivity contribution < 1.29 is 38.9 Å². The first-order valence-corrected chi connectivity index (χ1v) is 17.8. The van der Waals surface area contributed by atoms with Crippen LogP contribution in [-0.2, 0) is 28.7 Å². The molecular weight excluding hydrogens is 666 g/mol. The van der Waals surface area contributed by atoms with Gasteiger partial charge < -0.3 is 20.3 Å². The maximum atomic E-state index is 13.1. The molecule has 4 heterocycles. The van der Waals surface area contributed by atoms with Gasteiger partial charge in [0.05, 0.1) is 43.3 Å². The van der Waals surface area contributed by atoms with Gasteiger partial charge in [0.25, 0.3) is 0 Å². The summed E-state index contributed by atoms with van der Waals surface area (Å²) in [6.45, 7) is 12.8. The number of fused-ring (bicyclic) bond motifs is 2. The molecule has 6 rings (SSSR count). The summed E-state index contributed by atoms with van der Waals surface area (Å²) in [7, 11) is 1.95. The second kappa shape index (κ2) is 15.7. The highest BCUT2D eigenvalue weighted by atomic mass is 16.5. The van der Waals surface area contributed by atoms with Gasteiger partial charge >= 0.3 is 12.1 Å². The number of allylic oxidation sites excluding steroid dienone is 5. The molecule has 0 bridgehead atoms. The normalized spacial score (nSPS) is 35.4. The number of ether oxygens (including phenoxy) is 1. The van der Waals surface area contributed by atoms with Crippen molar-refractivity contribution in [2.24, 2.45) is 32.7 Å². The lowest BCUT2D eigenvalue weighted by Crippen LogP contribution is -2.61. The van der Waals surface area contributed by atoms with E-state index in [2.05, 4.69) is 33.7 Å². The van der Waals surface area contributed by atoms with E-state index >= 15 is 0 Å². The molecule has 0 radical (unpaired) electrons. The van der Waals surface area contributed by atoms with E-state index in [9.17, 15) is 24.6 Å². The fourth-order valence-electron chi connectivity index (χ4n) is 8.88. The van der Waals surface area contributed by atoms with E-state index in [1.54, 1.807) is 35.5 Å². The van der Waals surface area contributed by atoms with Crippen molar-refractivity contribution in [3.8, 4) is 0 Å². The van der Waals surface area contributed by atoms with Crippen LogP contribution in [0.25, 0.3) is 0 Å². The van der Waals surface area contributed by atoms with Gasteiger partial charge in [-0.2, -0.15) is 9.59 Å². The number of carbonyl (C=O) groups is 3. The Hall–Kier alpha value is -4.39. The minimum Gasteiger partial charge on any atom is -0.423 e. The summed E-state index contributed by atoms with van der Waals surface area (Å²) in [5, 5.41) is 25.3. The van der Waals surface area contributed by atoms with Crippen molar-refractivity contribution in [2.75, 3.05) is 20.2 Å². The van der Waals surface area contributed by atoms with Crippen LogP contribution in [0.4, 0.5) is 0 Å². The first-order chi connectivity index (χ1) is 24.7. The van der Waals surface area contributed by atoms with Gasteiger partial charge in [-0.3, -0.25) is 24.4 Å². The molecule has 1 saturated heterocycles. The first-order valence-electron chi connectivity index (χ1n) is 17.8. The lowest BCUT2D eigenvalue weighted by Gasteiger charge is -2.61. The number of nitrogens with one attached hydrogen (secondary N) is 1. The Morgan fingerprint density at radius 1 is 1.29 bits per heavy atom. The van der Waals surface area contributed by atoms with Crippen LogP contribution in [0.15, 0.2) is 81.7 Å². The number of aliphatic hydroxyl groups excluding tert-OH is 2. The van der Waals surface area contributed by atoms with Crippen molar-refractivity contribution in [2.45, 2.75) is 90.2 Å². The van der Waals surface area contributed by atoms with E-state index in [0.29, 0.717) is 43.0 Å². The molecule has 278 valence electrons. The van der Waals surface area contributed by atoms with Gasteiger partial charge in [-0.25, -0.2) is 9.79 Å². The van der Waals surface area contributed by atoms with Crippen molar-refractivity contribution in [1.82, 2.24) is 15.1 Å². The molecule has 6 unspecified atom stereocenters. The van der Waals surface area contributed by atoms with Crippen molar-refractivity contribution >= 4 is 35.9 Å². The number of nitrogens with zero attached hydrogens (tertiary/aromatic N) is 4. The molecule has 13 heteroatoms. The standard InChI is InChI=1S/C38H49N5O6.CO2/c1-7-29-35(47)43-20-24(8-11-34(43)42(29)6)16-26-17-25(36(48)49-26)9-10-27-22(2)28(41-23(3)30(45)19-33-39-14-15-40-33)18-31-37(27,4)13-12-32(46)38(31,5)21-44;2-1-3/h8-11,14,16-17,20,23,27-29,31-32,34,41,44,46H,2,7,12-13,15,18-19,21H2,1,3-6H3;/b10-9+,26-16+;/t23?,27?,28?,29?,31?,32-,34?,37-,38+;/m1./s1. The van der Waals surface area contributed by atoms with Crippen LogP contribution in [0.2, 0.25) is 0 Å². The highest BCUT2D eigenvalue weighted by Gasteiger charge is 2.59. The largest absolute Gasteiger partial charge is 0.423 e. The monoisotopic (exact) mass is 715 g/mol. The predicted octanol–water partition coefficient (Wildman–Crippen LogP) is 2.80. The number of Topliss-reactive ketones (excluding diaryl/α,β-unsaturated/α-hetero) is 1. The number of amidine groups is 1. The molecule has 52 heavy (non-hydrogen) atoms. The molecular formula is C39H49N5O8. The SMILES string of the molecule is C=C1C(NC(C)C(=O)CC2=NCC=N2)CC2[C@](C)(CC[C@@H](O)[C@@]2(C)CO)C1/C=C/C1=CC(=C\C2=CN3C(=O)C(CC)N(C)C3C=C2)/OC1=O.O=C=O. The summed E-state index contributed by atoms with van der Waals surface area (Å²) in [5.41, 5.74) is 0.902. The van der Waals surface area contributed by atoms with Gasteiger partial charge in [-0.05, 0) is 74.8 Å². The van der Waals surface area contributed by atoms with Gasteiger partial charge in [0.1, 0.15) is 17.8 Å². The minimum absolute atomic E-state index is 0.0254. The van der Waals surface area contributed by atoms with E-state index in [0.717, 1.165) is 17.6 Å². The zero-order chi connectivity index (χ0) is 38.0. The molecule has 0 aromatic heterocycles. The van der Waals surface area contributed by atoms with Crippen LogP contribution in [0.3, 0.4) is 0 Å². The van der Waals surface area contributed by atoms with Crippen LogP contribution in [0.5, 0.6) is 0 Å². The van der Waals surface area contributed by atoms with E-state index in [-0.39, 0.29) is 66.4 Å². The van der Waals surface area contributed by atoms with E-state index in [1.807, 2.05) is 46.0 Å². The van der Waals surface area contributed by atoms with E-state index < -0.39 is 23.5 Å². The van der Waals surface area contributed by atoms with Crippen LogP contribution in [0, 0.1) is 22.7 Å². The van der Waals surface area contributed by atoms with Crippen molar-refractivity contribution in [1.29, 1.82) is 0 Å². The number of rotatable bonds is 10. The number of likely N-dealkylation sites (N-methyl/N-ethyl adjacent to an activating group) is 1. The highest BCUT2D eigenvalue weighted by molar-refractivity contribution is 6.07. The molecule has 13 nitrogen and oxygen atoms in total. The summed E-state index contributed by atoms with van der Waals surface area (Å²) in [5.74, 6) is 0.139. The fourth-order valence-corrected chi connectivity index (χ4v) is 8.88. The molecule has 3 fully saturated rings. The average Bonchev–Trinajstić information content (AvgIpc) is 3.81. The number of amides is 1. The smallest absolute Gasteiger partial charge is 0.373 e. The van der Waals surface area contributed by atoms with Crippen molar-refractivity contribution in [3.63, 3.8) is 0 Å². The van der Waals surface area contributed by atoms with E-state index in [1.165, 1.54) is 0 Å². The Bertz CT molecular complexity index is 1730. The maximum absolute atomic E-state index is 13.1. The molecule has 4 aliphatic heterocycles. The molecule has 1 amide bonds. The molecule has 3 N–H and O–H groups in total. The molecule has 2 aliphatic carbocycles. The molecule has 2 saturated carbocycles. The van der Waals surface area contributed by atoms with Gasteiger partial charge in [0, 0.05) is 29.8 Å².